The van der Waals surface area contributed by atoms with Crippen molar-refractivity contribution in [1.29, 1.82) is 0 Å². The molecule has 2 aromatic rings. The quantitative estimate of drug-likeness (QED) is 0.363. The molecule has 4 unspecified atom stereocenters. The van der Waals surface area contributed by atoms with E-state index < -0.39 is 24.7 Å². The number of hydrogen-bond donors (Lipinski definition) is 1. The lowest BCUT2D eigenvalue weighted by molar-refractivity contribution is -0.938. The number of epoxide rings is 1. The summed E-state index contributed by atoms with van der Waals surface area (Å²) in [7, 11) is 1.77. The summed E-state index contributed by atoms with van der Waals surface area (Å²) in [6, 6.07) is 6.55. The normalized spacial score (nSPS) is 38.7. The standard InChI is InChI=1S/C19H22NO4S2.BrH/c1-20(2)12-9-11(10-13(20)17-16(12)24-17)23-18(21)19(22,14-5-3-7-25-14)15-6-4-8-26-15;/h3-8,11-13,16-17,22H,9-10H2,1-2H3;1H/q+1;/p-1/i1D3;. The topological polar surface area (TPSA) is 59.1 Å². The van der Waals surface area contributed by atoms with Gasteiger partial charge in [-0.25, -0.2) is 4.79 Å². The fraction of sp³-hybridized carbons (Fsp3) is 0.526. The van der Waals surface area contributed by atoms with Gasteiger partial charge in [-0.05, 0) is 22.9 Å². The predicted molar refractivity (Wildman–Crippen MR) is 99.1 cm³/mol. The molecule has 3 saturated heterocycles. The third-order valence-electron chi connectivity index (χ3n) is 6.03. The van der Waals surface area contributed by atoms with Crippen LogP contribution in [0.4, 0.5) is 0 Å². The Balaban J connectivity index is 0.00000218. The first-order valence-corrected chi connectivity index (χ1v) is 10.5. The van der Waals surface area contributed by atoms with Crippen molar-refractivity contribution in [1.82, 2.24) is 0 Å². The number of carbonyl (C=O) groups is 1. The molecule has 2 bridgehead atoms. The first kappa shape index (κ1) is 16.1. The highest BCUT2D eigenvalue weighted by Gasteiger charge is 2.71. The second kappa shape index (κ2) is 6.64. The second-order valence-electron chi connectivity index (χ2n) is 7.51. The third kappa shape index (κ3) is 2.84. The lowest BCUT2D eigenvalue weighted by atomic mass is 9.95. The maximum atomic E-state index is 13.2. The van der Waals surface area contributed by atoms with Gasteiger partial charge in [-0.3, -0.25) is 0 Å². The Morgan fingerprint density at radius 3 is 2.26 bits per heavy atom. The highest BCUT2D eigenvalue weighted by molar-refractivity contribution is 7.12. The summed E-state index contributed by atoms with van der Waals surface area (Å²) in [5.74, 6) is -0.702. The average molecular weight is 475 g/mol. The van der Waals surface area contributed by atoms with Crippen LogP contribution in [0.15, 0.2) is 35.0 Å². The van der Waals surface area contributed by atoms with Crippen LogP contribution >= 0.6 is 22.7 Å². The Kier molecular flexibility index (Phi) is 3.95. The molecule has 1 N–H and O–H groups in total. The number of piperidine rings is 1. The van der Waals surface area contributed by atoms with Crippen LogP contribution in [0.25, 0.3) is 0 Å². The van der Waals surface area contributed by atoms with Crippen LogP contribution < -0.4 is 17.0 Å². The summed E-state index contributed by atoms with van der Waals surface area (Å²) in [5, 5.41) is 15.0. The summed E-state index contributed by atoms with van der Waals surface area (Å²) in [6.45, 7) is -2.14. The van der Waals surface area contributed by atoms with Crippen LogP contribution in [0.5, 0.6) is 0 Å². The monoisotopic (exact) mass is 474 g/mol. The molecule has 2 aromatic heterocycles. The van der Waals surface area contributed by atoms with E-state index in [9.17, 15) is 9.90 Å². The zero-order chi connectivity index (χ0) is 20.6. The van der Waals surface area contributed by atoms with Crippen molar-refractivity contribution in [3.8, 4) is 0 Å². The van der Waals surface area contributed by atoms with Gasteiger partial charge in [0.25, 0.3) is 0 Å². The molecule has 3 aliphatic rings. The Bertz CT molecular complexity index is 869. The van der Waals surface area contributed by atoms with Crippen LogP contribution in [0.2, 0.25) is 0 Å². The van der Waals surface area contributed by atoms with E-state index in [-0.39, 0.29) is 45.8 Å². The Morgan fingerprint density at radius 2 is 1.81 bits per heavy atom. The molecule has 0 radical (unpaired) electrons. The number of likely N-dealkylation sites (N-methyl/N-ethyl adjacent to an activating group) is 1. The number of thiophene rings is 2. The molecule has 0 spiro atoms. The fourth-order valence-electron chi connectivity index (χ4n) is 4.58. The van der Waals surface area contributed by atoms with Gasteiger partial charge in [-0.1, -0.05) is 12.1 Å². The number of carbonyl (C=O) groups excluding carboxylic acids is 1. The van der Waals surface area contributed by atoms with Crippen molar-refractivity contribution in [2.24, 2.45) is 0 Å². The molecule has 0 aromatic carbocycles. The number of aliphatic hydroxyl groups is 1. The average Bonchev–Trinajstić information content (AvgIpc) is 3.04. The van der Waals surface area contributed by atoms with Crippen LogP contribution in [0.3, 0.4) is 0 Å². The molecule has 5 rings (SSSR count). The van der Waals surface area contributed by atoms with Crippen LogP contribution in [0, 0.1) is 0 Å². The second-order valence-corrected chi connectivity index (χ2v) is 9.41. The van der Waals surface area contributed by atoms with E-state index in [0.29, 0.717) is 22.6 Å². The highest BCUT2D eigenvalue weighted by atomic mass is 79.9. The zero-order valence-electron chi connectivity index (χ0n) is 17.6. The molecule has 0 amide bonds. The maximum Gasteiger partial charge on any atom is 0.349 e. The van der Waals surface area contributed by atoms with Gasteiger partial charge in [-0.15, -0.1) is 22.7 Å². The van der Waals surface area contributed by atoms with Crippen LogP contribution in [-0.4, -0.2) is 60.0 Å². The van der Waals surface area contributed by atoms with Crippen molar-refractivity contribution in [2.45, 2.75) is 48.8 Å². The van der Waals surface area contributed by atoms with Gasteiger partial charge in [0, 0.05) is 12.8 Å². The Morgan fingerprint density at radius 1 is 1.26 bits per heavy atom. The number of nitrogens with zero attached hydrogens (tertiary/aromatic N) is 1. The molecular weight excluding hydrogens is 450 g/mol. The summed E-state index contributed by atoms with van der Waals surface area (Å²) >= 11 is 2.60. The Hall–Kier alpha value is -0.770. The SMILES string of the molecule is [2H]C([2H])([2H])[N+]1(C)C2CC(OC(=O)C(O)(c3cccs3)c3cccs3)CC1C1OC12.[Br-]. The largest absolute Gasteiger partial charge is 1.00 e. The first-order chi connectivity index (χ1) is 13.7. The van der Waals surface area contributed by atoms with Crippen LogP contribution in [-0.2, 0) is 19.9 Å². The molecule has 0 aliphatic carbocycles. The van der Waals surface area contributed by atoms with E-state index in [1.54, 1.807) is 31.3 Å². The summed E-state index contributed by atoms with van der Waals surface area (Å²) in [5.41, 5.74) is -1.85. The molecule has 3 fully saturated rings. The van der Waals surface area contributed by atoms with Gasteiger partial charge in [-0.2, -0.15) is 0 Å². The first-order valence-electron chi connectivity index (χ1n) is 10.2. The smallest absolute Gasteiger partial charge is 0.349 e. The van der Waals surface area contributed by atoms with E-state index in [2.05, 4.69) is 0 Å². The number of rotatable bonds is 4. The number of ether oxygens (including phenoxy) is 2. The number of hydrogen-bond acceptors (Lipinski definition) is 6. The summed E-state index contributed by atoms with van der Waals surface area (Å²) in [6.07, 6.45) is 0.242. The molecule has 0 saturated carbocycles. The molecule has 4 atom stereocenters. The molecule has 146 valence electrons. The van der Waals surface area contributed by atoms with E-state index in [4.69, 9.17) is 13.6 Å². The number of fused-ring (bicyclic) bond motifs is 5. The Labute approximate surface area is 181 Å². The number of esters is 1. The van der Waals surface area contributed by atoms with Crippen molar-refractivity contribution in [3.05, 3.63) is 44.8 Å². The zero-order valence-corrected chi connectivity index (χ0v) is 17.8. The molecule has 3 aliphatic heterocycles. The van der Waals surface area contributed by atoms with Gasteiger partial charge in [0.15, 0.2) is 0 Å². The van der Waals surface area contributed by atoms with Crippen LogP contribution in [0.1, 0.15) is 26.7 Å². The minimum atomic E-state index is -2.14. The van der Waals surface area contributed by atoms with Crippen molar-refractivity contribution in [3.63, 3.8) is 0 Å². The van der Waals surface area contributed by atoms with Gasteiger partial charge in [0.05, 0.1) is 27.9 Å². The van der Waals surface area contributed by atoms with E-state index in [1.807, 2.05) is 10.8 Å². The van der Waals surface area contributed by atoms with E-state index in [0.717, 1.165) is 0 Å². The summed E-state index contributed by atoms with van der Waals surface area (Å²) < 4.78 is 35.6. The van der Waals surface area contributed by atoms with Crippen molar-refractivity contribution < 1.29 is 45.0 Å². The molecular formula is C19H22BrNO4S2. The molecule has 5 heterocycles. The minimum absolute atomic E-state index is 0. The maximum absolute atomic E-state index is 13.2. The minimum Gasteiger partial charge on any atom is -1.00 e. The predicted octanol–water partition coefficient (Wildman–Crippen LogP) is -0.650. The van der Waals surface area contributed by atoms with Crippen molar-refractivity contribution in [2.75, 3.05) is 14.0 Å². The lowest BCUT2D eigenvalue weighted by Gasteiger charge is -2.45. The molecule has 27 heavy (non-hydrogen) atoms. The molecule has 5 nitrogen and oxygen atoms in total. The fourth-order valence-corrected chi connectivity index (χ4v) is 6.29. The van der Waals surface area contributed by atoms with Gasteiger partial charge in [0.2, 0.25) is 5.60 Å². The summed E-state index contributed by atoms with van der Waals surface area (Å²) in [4.78, 5) is 14.2. The van der Waals surface area contributed by atoms with E-state index >= 15 is 0 Å². The number of quaternary nitrogens is 1. The van der Waals surface area contributed by atoms with Gasteiger partial charge in [0.1, 0.15) is 30.4 Å². The van der Waals surface area contributed by atoms with E-state index in [1.165, 1.54) is 22.7 Å². The number of morpholine rings is 1. The van der Waals surface area contributed by atoms with Gasteiger partial charge >= 0.3 is 5.97 Å². The van der Waals surface area contributed by atoms with Gasteiger partial charge < -0.3 is 36.0 Å². The van der Waals surface area contributed by atoms with Crippen molar-refractivity contribution >= 4 is 28.6 Å². The molecule has 8 heteroatoms. The number of halogens is 1. The lowest BCUT2D eigenvalue weighted by Crippen LogP contribution is -3.00. The third-order valence-corrected chi connectivity index (χ3v) is 7.99. The highest BCUT2D eigenvalue weighted by Crippen LogP contribution is 2.52.